The maximum atomic E-state index is 10.3. The first-order valence-corrected chi connectivity index (χ1v) is 7.21. The molecular weight excluding hydrogens is 359 g/mol. The van der Waals surface area contributed by atoms with Crippen molar-refractivity contribution in [1.29, 1.82) is 0 Å². The second-order valence-electron chi connectivity index (χ2n) is 4.32. The minimum atomic E-state index is -0.474. The Morgan fingerprint density at radius 2 is 1.83 bits per heavy atom. The Morgan fingerprint density at radius 1 is 1.17 bits per heavy atom. The molecule has 0 fully saturated rings. The maximum absolute atomic E-state index is 10.3. The van der Waals surface area contributed by atoms with Crippen molar-refractivity contribution >= 4 is 34.2 Å². The van der Waals surface area contributed by atoms with E-state index in [1.807, 2.05) is 36.4 Å². The topological polar surface area (TPSA) is 20.2 Å². The molecule has 0 aliphatic carbocycles. The first-order chi connectivity index (χ1) is 8.58. The van der Waals surface area contributed by atoms with Gasteiger partial charge in [-0.3, -0.25) is 0 Å². The van der Waals surface area contributed by atoms with Crippen LogP contribution in [0, 0.1) is 10.5 Å². The molecule has 1 nitrogen and oxygen atoms in total. The molecule has 0 aromatic heterocycles. The Balaban J connectivity index is 2.19. The smallest absolute Gasteiger partial charge is 0.0840 e. The van der Waals surface area contributed by atoms with Gasteiger partial charge in [0.25, 0.3) is 0 Å². The lowest BCUT2D eigenvalue weighted by Crippen LogP contribution is -2.04. The first kappa shape index (κ1) is 13.8. The van der Waals surface area contributed by atoms with Gasteiger partial charge in [0.2, 0.25) is 0 Å². The van der Waals surface area contributed by atoms with E-state index < -0.39 is 6.10 Å². The third-order valence-electron chi connectivity index (χ3n) is 2.92. The zero-order valence-corrected chi connectivity index (χ0v) is 12.9. The predicted molar refractivity (Wildman–Crippen MR) is 84.0 cm³/mol. The zero-order chi connectivity index (χ0) is 13.1. The Hall–Kier alpha value is -0.580. The SMILES string of the molecule is Cc1cccc(C(O)Cc2ccc(Cl)cc2)c1I. The van der Waals surface area contributed by atoms with E-state index in [1.54, 1.807) is 0 Å². The number of aliphatic hydroxyl groups excluding tert-OH is 1. The molecular formula is C15H14ClIO. The normalized spacial score (nSPS) is 12.4. The molecule has 0 saturated heterocycles. The van der Waals surface area contributed by atoms with Gasteiger partial charge in [-0.15, -0.1) is 0 Å². The molecule has 1 atom stereocenters. The van der Waals surface area contributed by atoms with Crippen molar-refractivity contribution in [2.75, 3.05) is 0 Å². The van der Waals surface area contributed by atoms with Crippen LogP contribution < -0.4 is 0 Å². The highest BCUT2D eigenvalue weighted by Gasteiger charge is 2.12. The van der Waals surface area contributed by atoms with E-state index in [2.05, 4.69) is 35.6 Å². The molecule has 3 heteroatoms. The summed E-state index contributed by atoms with van der Waals surface area (Å²) in [6, 6.07) is 13.6. The molecule has 0 aliphatic heterocycles. The van der Waals surface area contributed by atoms with Gasteiger partial charge in [-0.05, 0) is 58.3 Å². The summed E-state index contributed by atoms with van der Waals surface area (Å²) in [5, 5.41) is 11.0. The van der Waals surface area contributed by atoms with Gasteiger partial charge in [0.15, 0.2) is 0 Å². The third-order valence-corrected chi connectivity index (χ3v) is 4.65. The average Bonchev–Trinajstić information content (AvgIpc) is 2.35. The second kappa shape index (κ2) is 6.04. The molecule has 1 unspecified atom stereocenters. The lowest BCUT2D eigenvalue weighted by atomic mass is 10.0. The Morgan fingerprint density at radius 3 is 2.50 bits per heavy atom. The molecule has 94 valence electrons. The summed E-state index contributed by atoms with van der Waals surface area (Å²) in [4.78, 5) is 0. The van der Waals surface area contributed by atoms with Gasteiger partial charge in [0, 0.05) is 15.0 Å². The Bertz CT molecular complexity index is 537. The van der Waals surface area contributed by atoms with Gasteiger partial charge >= 0.3 is 0 Å². The minimum Gasteiger partial charge on any atom is -0.388 e. The van der Waals surface area contributed by atoms with Gasteiger partial charge in [0.05, 0.1) is 6.10 Å². The summed E-state index contributed by atoms with van der Waals surface area (Å²) in [5.74, 6) is 0. The maximum Gasteiger partial charge on any atom is 0.0840 e. The number of benzene rings is 2. The molecule has 2 aromatic carbocycles. The molecule has 0 bridgehead atoms. The van der Waals surface area contributed by atoms with Crippen LogP contribution in [0.2, 0.25) is 5.02 Å². The molecule has 0 radical (unpaired) electrons. The van der Waals surface area contributed by atoms with Crippen LogP contribution in [0.3, 0.4) is 0 Å². The van der Waals surface area contributed by atoms with E-state index in [1.165, 1.54) is 5.56 Å². The fraction of sp³-hybridized carbons (Fsp3) is 0.200. The highest BCUT2D eigenvalue weighted by atomic mass is 127. The number of aryl methyl sites for hydroxylation is 1. The minimum absolute atomic E-state index is 0.474. The highest BCUT2D eigenvalue weighted by molar-refractivity contribution is 14.1. The van der Waals surface area contributed by atoms with Gasteiger partial charge in [-0.25, -0.2) is 0 Å². The number of aliphatic hydroxyl groups is 1. The average molecular weight is 373 g/mol. The molecule has 2 rings (SSSR count). The number of rotatable bonds is 3. The molecule has 0 heterocycles. The predicted octanol–water partition coefficient (Wildman–Crippen LogP) is 4.53. The fourth-order valence-corrected chi connectivity index (χ4v) is 2.73. The molecule has 0 aliphatic rings. The van der Waals surface area contributed by atoms with Crippen molar-refractivity contribution in [3.63, 3.8) is 0 Å². The van der Waals surface area contributed by atoms with E-state index in [-0.39, 0.29) is 0 Å². The molecule has 0 saturated carbocycles. The lowest BCUT2D eigenvalue weighted by Gasteiger charge is -2.14. The van der Waals surface area contributed by atoms with Crippen LogP contribution in [-0.4, -0.2) is 5.11 Å². The molecule has 1 N–H and O–H groups in total. The first-order valence-electron chi connectivity index (χ1n) is 5.75. The summed E-state index contributed by atoms with van der Waals surface area (Å²) in [5.41, 5.74) is 3.28. The summed E-state index contributed by atoms with van der Waals surface area (Å²) in [7, 11) is 0. The van der Waals surface area contributed by atoms with Crippen LogP contribution in [-0.2, 0) is 6.42 Å². The summed E-state index contributed by atoms with van der Waals surface area (Å²) >= 11 is 8.13. The number of halogens is 2. The Labute approximate surface area is 126 Å². The van der Waals surface area contributed by atoms with E-state index in [0.717, 1.165) is 19.7 Å². The van der Waals surface area contributed by atoms with Crippen molar-refractivity contribution < 1.29 is 5.11 Å². The molecule has 0 amide bonds. The van der Waals surface area contributed by atoms with Crippen molar-refractivity contribution in [2.24, 2.45) is 0 Å². The molecule has 18 heavy (non-hydrogen) atoms. The van der Waals surface area contributed by atoms with E-state index in [4.69, 9.17) is 11.6 Å². The monoisotopic (exact) mass is 372 g/mol. The lowest BCUT2D eigenvalue weighted by molar-refractivity contribution is 0.177. The fourth-order valence-electron chi connectivity index (χ4n) is 1.88. The largest absolute Gasteiger partial charge is 0.388 e. The third kappa shape index (κ3) is 3.25. The van der Waals surface area contributed by atoms with Gasteiger partial charge in [-0.1, -0.05) is 41.9 Å². The van der Waals surface area contributed by atoms with Crippen LogP contribution in [0.1, 0.15) is 22.8 Å². The van der Waals surface area contributed by atoms with Gasteiger partial charge in [0.1, 0.15) is 0 Å². The molecule has 2 aromatic rings. The highest BCUT2D eigenvalue weighted by Crippen LogP contribution is 2.26. The zero-order valence-electron chi connectivity index (χ0n) is 10.0. The summed E-state index contributed by atoms with van der Waals surface area (Å²) in [6.45, 7) is 2.06. The summed E-state index contributed by atoms with van der Waals surface area (Å²) < 4.78 is 1.14. The Kier molecular flexibility index (Phi) is 4.65. The summed E-state index contributed by atoms with van der Waals surface area (Å²) in [6.07, 6.45) is 0.134. The van der Waals surface area contributed by atoms with Crippen molar-refractivity contribution in [1.82, 2.24) is 0 Å². The van der Waals surface area contributed by atoms with Crippen LogP contribution >= 0.6 is 34.2 Å². The van der Waals surface area contributed by atoms with Crippen molar-refractivity contribution in [3.8, 4) is 0 Å². The van der Waals surface area contributed by atoms with E-state index >= 15 is 0 Å². The van der Waals surface area contributed by atoms with Crippen LogP contribution in [0.5, 0.6) is 0 Å². The quantitative estimate of drug-likeness (QED) is 0.785. The van der Waals surface area contributed by atoms with Crippen LogP contribution in [0.25, 0.3) is 0 Å². The van der Waals surface area contributed by atoms with Crippen molar-refractivity contribution in [3.05, 3.63) is 67.7 Å². The van der Waals surface area contributed by atoms with E-state index in [9.17, 15) is 5.11 Å². The van der Waals surface area contributed by atoms with Gasteiger partial charge < -0.3 is 5.11 Å². The van der Waals surface area contributed by atoms with E-state index in [0.29, 0.717) is 6.42 Å². The molecule has 0 spiro atoms. The number of hydrogen-bond donors (Lipinski definition) is 1. The standard InChI is InChI=1S/C15H14ClIO/c1-10-3-2-4-13(15(10)17)14(18)9-11-5-7-12(16)8-6-11/h2-8,14,18H,9H2,1H3. The second-order valence-corrected chi connectivity index (χ2v) is 5.84. The van der Waals surface area contributed by atoms with Gasteiger partial charge in [-0.2, -0.15) is 0 Å². The van der Waals surface area contributed by atoms with Crippen LogP contribution in [0.4, 0.5) is 0 Å². The van der Waals surface area contributed by atoms with Crippen LogP contribution in [0.15, 0.2) is 42.5 Å². The number of hydrogen-bond acceptors (Lipinski definition) is 1. The van der Waals surface area contributed by atoms with Crippen molar-refractivity contribution in [2.45, 2.75) is 19.4 Å².